The Labute approximate surface area is 82.0 Å². The Morgan fingerprint density at radius 2 is 2.64 bits per heavy atom. The molecule has 0 saturated carbocycles. The Morgan fingerprint density at radius 3 is 3.21 bits per heavy atom. The monoisotopic (exact) mass is 195 g/mol. The van der Waals surface area contributed by atoms with Crippen LogP contribution < -0.4 is 5.32 Å². The molecule has 1 unspecified atom stereocenters. The molecule has 0 aliphatic carbocycles. The maximum atomic E-state index is 11.6. The van der Waals surface area contributed by atoms with Crippen molar-refractivity contribution in [3.05, 3.63) is 12.3 Å². The lowest BCUT2D eigenvalue weighted by Gasteiger charge is -2.09. The molecule has 1 amide bonds. The normalized spacial score (nSPS) is 21.1. The first-order valence-corrected chi connectivity index (χ1v) is 4.68. The Kier molecular flexibility index (Phi) is 2.49. The van der Waals surface area contributed by atoms with Crippen molar-refractivity contribution in [3.8, 4) is 0 Å². The Bertz CT molecular complexity index is 329. The zero-order valence-electron chi connectivity index (χ0n) is 8.06. The highest BCUT2D eigenvalue weighted by molar-refractivity contribution is 5.93. The van der Waals surface area contributed by atoms with E-state index in [1.165, 1.54) is 0 Å². The number of amides is 1. The Hall–Kier alpha value is -1.36. The summed E-state index contributed by atoms with van der Waals surface area (Å²) >= 11 is 0. The molecule has 0 aromatic carbocycles. The van der Waals surface area contributed by atoms with Crippen molar-refractivity contribution in [3.63, 3.8) is 0 Å². The smallest absolute Gasteiger partial charge is 0.254 e. The van der Waals surface area contributed by atoms with E-state index in [9.17, 15) is 4.79 Å². The van der Waals surface area contributed by atoms with Crippen molar-refractivity contribution < 1.29 is 9.53 Å². The molecule has 1 atom stereocenters. The van der Waals surface area contributed by atoms with Gasteiger partial charge in [0.1, 0.15) is 11.9 Å². The number of hydrogen-bond donors (Lipinski definition) is 1. The Morgan fingerprint density at radius 1 is 1.79 bits per heavy atom. The molecule has 2 heterocycles. The minimum atomic E-state index is -0.287. The van der Waals surface area contributed by atoms with Crippen molar-refractivity contribution in [1.82, 2.24) is 9.78 Å². The quantitative estimate of drug-likeness (QED) is 0.749. The van der Waals surface area contributed by atoms with Crippen molar-refractivity contribution in [2.24, 2.45) is 7.05 Å². The fourth-order valence-electron chi connectivity index (χ4n) is 1.49. The van der Waals surface area contributed by atoms with Crippen LogP contribution in [0, 0.1) is 0 Å². The zero-order valence-corrected chi connectivity index (χ0v) is 8.06. The van der Waals surface area contributed by atoms with E-state index in [0.717, 1.165) is 12.8 Å². The molecule has 1 aromatic heterocycles. The highest BCUT2D eigenvalue weighted by atomic mass is 16.5. The predicted molar refractivity (Wildman–Crippen MR) is 50.8 cm³/mol. The molecule has 0 bridgehead atoms. The molecule has 76 valence electrons. The van der Waals surface area contributed by atoms with Crippen LogP contribution in [0.4, 0.5) is 5.82 Å². The van der Waals surface area contributed by atoms with E-state index in [1.807, 2.05) is 0 Å². The molecule has 0 radical (unpaired) electrons. The average molecular weight is 195 g/mol. The van der Waals surface area contributed by atoms with Crippen molar-refractivity contribution in [2.75, 3.05) is 11.9 Å². The van der Waals surface area contributed by atoms with Crippen LogP contribution in [0.15, 0.2) is 12.3 Å². The molecular weight excluding hydrogens is 182 g/mol. The Balaban J connectivity index is 1.97. The van der Waals surface area contributed by atoms with Gasteiger partial charge in [0.05, 0.1) is 6.20 Å². The lowest BCUT2D eigenvalue weighted by atomic mass is 10.2. The fourth-order valence-corrected chi connectivity index (χ4v) is 1.49. The largest absolute Gasteiger partial charge is 0.368 e. The van der Waals surface area contributed by atoms with E-state index < -0.39 is 0 Å². The summed E-state index contributed by atoms with van der Waals surface area (Å²) in [5.41, 5.74) is 0. The number of nitrogens with one attached hydrogen (secondary N) is 1. The van der Waals surface area contributed by atoms with Gasteiger partial charge in [-0.25, -0.2) is 0 Å². The average Bonchev–Trinajstić information content (AvgIpc) is 2.77. The number of aryl methyl sites for hydroxylation is 1. The van der Waals surface area contributed by atoms with Crippen molar-refractivity contribution in [2.45, 2.75) is 18.9 Å². The third-order valence-electron chi connectivity index (χ3n) is 2.29. The number of hydrogen-bond acceptors (Lipinski definition) is 3. The fraction of sp³-hybridized carbons (Fsp3) is 0.556. The van der Waals surface area contributed by atoms with Crippen LogP contribution in [0.5, 0.6) is 0 Å². The maximum Gasteiger partial charge on any atom is 0.254 e. The van der Waals surface area contributed by atoms with Crippen LogP contribution >= 0.6 is 0 Å². The minimum Gasteiger partial charge on any atom is -0.368 e. The number of nitrogens with zero attached hydrogens (tertiary/aromatic N) is 2. The van der Waals surface area contributed by atoms with Crippen LogP contribution in [0.1, 0.15) is 12.8 Å². The first-order valence-electron chi connectivity index (χ1n) is 4.68. The van der Waals surface area contributed by atoms with Crippen molar-refractivity contribution in [1.29, 1.82) is 0 Å². The summed E-state index contributed by atoms with van der Waals surface area (Å²) in [6, 6.07) is 1.76. The number of carbonyl (C=O) groups excluding carboxylic acids is 1. The minimum absolute atomic E-state index is 0.0777. The van der Waals surface area contributed by atoms with E-state index in [0.29, 0.717) is 12.4 Å². The van der Waals surface area contributed by atoms with Gasteiger partial charge in [-0.2, -0.15) is 5.10 Å². The van der Waals surface area contributed by atoms with Gasteiger partial charge in [-0.1, -0.05) is 0 Å². The molecular formula is C9H13N3O2. The van der Waals surface area contributed by atoms with Gasteiger partial charge in [-0.15, -0.1) is 0 Å². The lowest BCUT2D eigenvalue weighted by molar-refractivity contribution is -0.124. The van der Waals surface area contributed by atoms with Gasteiger partial charge < -0.3 is 10.1 Å². The first-order chi connectivity index (χ1) is 6.77. The molecule has 1 N–H and O–H groups in total. The molecule has 5 nitrogen and oxygen atoms in total. The maximum absolute atomic E-state index is 11.6. The lowest BCUT2D eigenvalue weighted by Crippen LogP contribution is -2.27. The van der Waals surface area contributed by atoms with E-state index in [1.54, 1.807) is 24.0 Å². The number of rotatable bonds is 2. The van der Waals surface area contributed by atoms with Crippen LogP contribution in [0.25, 0.3) is 0 Å². The standard InChI is InChI=1S/C9H13N3O2/c1-12-8(4-5-10-12)11-9(13)7-3-2-6-14-7/h4-5,7H,2-3,6H2,1H3,(H,11,13). The third kappa shape index (κ3) is 1.77. The third-order valence-corrected chi connectivity index (χ3v) is 2.29. The second-order valence-corrected chi connectivity index (χ2v) is 3.33. The van der Waals surface area contributed by atoms with Crippen LogP contribution in [0.2, 0.25) is 0 Å². The SMILES string of the molecule is Cn1nccc1NC(=O)C1CCCO1. The first kappa shape index (κ1) is 9.21. The van der Waals surface area contributed by atoms with Crippen molar-refractivity contribution >= 4 is 11.7 Å². The second-order valence-electron chi connectivity index (χ2n) is 3.33. The van der Waals surface area contributed by atoms with E-state index in [-0.39, 0.29) is 12.0 Å². The highest BCUT2D eigenvalue weighted by Crippen LogP contribution is 2.14. The summed E-state index contributed by atoms with van der Waals surface area (Å²) in [7, 11) is 1.78. The molecule has 1 fully saturated rings. The number of anilines is 1. The van der Waals surface area contributed by atoms with E-state index in [2.05, 4.69) is 10.4 Å². The van der Waals surface area contributed by atoms with E-state index >= 15 is 0 Å². The summed E-state index contributed by atoms with van der Waals surface area (Å²) in [5.74, 6) is 0.622. The topological polar surface area (TPSA) is 56.2 Å². The highest BCUT2D eigenvalue weighted by Gasteiger charge is 2.23. The molecule has 1 aliphatic rings. The van der Waals surface area contributed by atoms with Crippen LogP contribution in [-0.4, -0.2) is 28.4 Å². The molecule has 5 heteroatoms. The molecule has 1 saturated heterocycles. The van der Waals surface area contributed by atoms with Crippen LogP contribution in [0.3, 0.4) is 0 Å². The summed E-state index contributed by atoms with van der Waals surface area (Å²) in [4.78, 5) is 11.6. The van der Waals surface area contributed by atoms with Gasteiger partial charge in [0.2, 0.25) is 0 Å². The summed E-state index contributed by atoms with van der Waals surface area (Å²) in [5, 5.41) is 6.73. The predicted octanol–water partition coefficient (Wildman–Crippen LogP) is 0.538. The number of aromatic nitrogens is 2. The molecule has 1 aliphatic heterocycles. The van der Waals surface area contributed by atoms with Gasteiger partial charge in [-0.3, -0.25) is 9.48 Å². The number of ether oxygens (including phenoxy) is 1. The van der Waals surface area contributed by atoms with Gasteiger partial charge >= 0.3 is 0 Å². The van der Waals surface area contributed by atoms with Gasteiger partial charge in [0.15, 0.2) is 0 Å². The summed E-state index contributed by atoms with van der Waals surface area (Å²) < 4.78 is 6.88. The molecule has 2 rings (SSSR count). The van der Waals surface area contributed by atoms with Gasteiger partial charge in [-0.05, 0) is 12.8 Å². The number of carbonyl (C=O) groups is 1. The summed E-state index contributed by atoms with van der Waals surface area (Å²) in [6.45, 7) is 0.684. The van der Waals surface area contributed by atoms with Crippen LogP contribution in [-0.2, 0) is 16.6 Å². The van der Waals surface area contributed by atoms with Gasteiger partial charge in [0.25, 0.3) is 5.91 Å². The second kappa shape index (κ2) is 3.79. The zero-order chi connectivity index (χ0) is 9.97. The molecule has 14 heavy (non-hydrogen) atoms. The van der Waals surface area contributed by atoms with Gasteiger partial charge in [0, 0.05) is 19.7 Å². The van der Waals surface area contributed by atoms with E-state index in [4.69, 9.17) is 4.74 Å². The molecule has 1 aromatic rings. The summed E-state index contributed by atoms with van der Waals surface area (Å²) in [6.07, 6.45) is 3.13. The molecule has 0 spiro atoms.